The molecule has 0 heterocycles. The van der Waals surface area contributed by atoms with Crippen molar-refractivity contribution in [1.29, 1.82) is 0 Å². The fraction of sp³-hybridized carbons (Fsp3) is 0.571. The summed E-state index contributed by atoms with van der Waals surface area (Å²) in [4.78, 5) is 0. The van der Waals surface area contributed by atoms with Gasteiger partial charge in [-0.3, -0.25) is 0 Å². The van der Waals surface area contributed by atoms with Gasteiger partial charge in [-0.2, -0.15) is 0 Å². The molecule has 0 bridgehead atoms. The van der Waals surface area contributed by atoms with Crippen molar-refractivity contribution in [3.8, 4) is 0 Å². The fourth-order valence-corrected chi connectivity index (χ4v) is 1.92. The average molecular weight is 221 g/mol. The molecule has 0 amide bonds. The van der Waals surface area contributed by atoms with Crippen molar-refractivity contribution in [2.24, 2.45) is 5.92 Å². The van der Waals surface area contributed by atoms with E-state index < -0.39 is 5.60 Å². The molecule has 0 aromatic heterocycles. The quantitative estimate of drug-likeness (QED) is 0.751. The lowest BCUT2D eigenvalue weighted by molar-refractivity contribution is -0.0162. The highest BCUT2D eigenvalue weighted by Crippen LogP contribution is 2.26. The van der Waals surface area contributed by atoms with Gasteiger partial charge in [-0.05, 0) is 42.9 Å². The van der Waals surface area contributed by atoms with Crippen LogP contribution in [-0.4, -0.2) is 10.7 Å². The minimum atomic E-state index is -0.540. The number of nitrogen functional groups attached to an aromatic ring is 1. The molecule has 3 N–H and O–H groups in total. The van der Waals surface area contributed by atoms with Crippen LogP contribution in [0.25, 0.3) is 0 Å². The van der Waals surface area contributed by atoms with Crippen molar-refractivity contribution >= 4 is 5.69 Å². The third-order valence-corrected chi connectivity index (χ3v) is 3.51. The van der Waals surface area contributed by atoms with Crippen LogP contribution in [0.2, 0.25) is 0 Å². The Hall–Kier alpha value is -1.02. The summed E-state index contributed by atoms with van der Waals surface area (Å²) in [6.07, 6.45) is 2.52. The molecule has 90 valence electrons. The van der Waals surface area contributed by atoms with Crippen LogP contribution in [0.1, 0.15) is 39.2 Å². The molecule has 0 saturated carbocycles. The molecule has 1 aromatic rings. The zero-order valence-electron chi connectivity index (χ0n) is 10.5. The Labute approximate surface area is 98.5 Å². The van der Waals surface area contributed by atoms with Gasteiger partial charge in [-0.25, -0.2) is 0 Å². The number of benzene rings is 1. The molecular formula is C14H23NO. The lowest BCUT2D eigenvalue weighted by atomic mass is 9.83. The Kier molecular flexibility index (Phi) is 4.36. The Morgan fingerprint density at radius 3 is 2.25 bits per heavy atom. The largest absolute Gasteiger partial charge is 0.399 e. The van der Waals surface area contributed by atoms with E-state index in [1.807, 2.05) is 31.2 Å². The van der Waals surface area contributed by atoms with Gasteiger partial charge in [0, 0.05) is 5.69 Å². The summed E-state index contributed by atoms with van der Waals surface area (Å²) in [7, 11) is 0. The molecule has 0 radical (unpaired) electrons. The molecule has 2 heteroatoms. The summed E-state index contributed by atoms with van der Waals surface area (Å²) >= 11 is 0. The smallest absolute Gasteiger partial charge is 0.0671 e. The van der Waals surface area contributed by atoms with Crippen LogP contribution in [0.3, 0.4) is 0 Å². The number of aliphatic hydroxyl groups is 1. The first kappa shape index (κ1) is 13.0. The Morgan fingerprint density at radius 1 is 1.25 bits per heavy atom. The number of nitrogens with two attached hydrogens (primary N) is 1. The molecule has 1 unspecified atom stereocenters. The molecule has 1 atom stereocenters. The van der Waals surface area contributed by atoms with Crippen molar-refractivity contribution in [2.75, 3.05) is 5.73 Å². The highest BCUT2D eigenvalue weighted by atomic mass is 16.3. The zero-order chi connectivity index (χ0) is 12.2. The number of anilines is 1. The van der Waals surface area contributed by atoms with Crippen LogP contribution in [0.5, 0.6) is 0 Å². The van der Waals surface area contributed by atoms with Crippen molar-refractivity contribution < 1.29 is 5.11 Å². The first-order valence-corrected chi connectivity index (χ1v) is 6.04. The molecular weight excluding hydrogens is 198 g/mol. The number of hydrogen-bond acceptors (Lipinski definition) is 2. The molecule has 16 heavy (non-hydrogen) atoms. The van der Waals surface area contributed by atoms with Crippen LogP contribution in [0, 0.1) is 5.92 Å². The second kappa shape index (κ2) is 5.35. The van der Waals surface area contributed by atoms with Gasteiger partial charge in [0.2, 0.25) is 0 Å². The number of hydrogen-bond donors (Lipinski definition) is 2. The zero-order valence-corrected chi connectivity index (χ0v) is 10.5. The number of rotatable bonds is 5. The highest BCUT2D eigenvalue weighted by molar-refractivity contribution is 5.39. The molecule has 1 rings (SSSR count). The second-order valence-electron chi connectivity index (χ2n) is 4.85. The van der Waals surface area contributed by atoms with E-state index >= 15 is 0 Å². The summed E-state index contributed by atoms with van der Waals surface area (Å²) in [5, 5.41) is 10.4. The predicted octanol–water partition coefficient (Wildman–Crippen LogP) is 3.00. The molecule has 0 fully saturated rings. The standard InChI is InChI=1S/C14H23NO/c1-4-14(16,11(2)3)10-9-12-5-7-13(15)8-6-12/h5-8,11,16H,4,9-10,15H2,1-3H3. The maximum absolute atomic E-state index is 10.4. The van der Waals surface area contributed by atoms with Crippen LogP contribution in [-0.2, 0) is 6.42 Å². The van der Waals surface area contributed by atoms with E-state index in [-0.39, 0.29) is 0 Å². The second-order valence-corrected chi connectivity index (χ2v) is 4.85. The minimum Gasteiger partial charge on any atom is -0.399 e. The van der Waals surface area contributed by atoms with E-state index in [2.05, 4.69) is 13.8 Å². The van der Waals surface area contributed by atoms with E-state index in [1.54, 1.807) is 0 Å². The number of aryl methyl sites for hydroxylation is 1. The van der Waals surface area contributed by atoms with Crippen molar-refractivity contribution in [1.82, 2.24) is 0 Å². The van der Waals surface area contributed by atoms with Gasteiger partial charge < -0.3 is 10.8 Å². The van der Waals surface area contributed by atoms with Gasteiger partial charge in [-0.1, -0.05) is 32.9 Å². The predicted molar refractivity (Wildman–Crippen MR) is 69.3 cm³/mol. The van der Waals surface area contributed by atoms with Crippen molar-refractivity contribution in [3.63, 3.8) is 0 Å². The molecule has 0 aliphatic heterocycles. The van der Waals surface area contributed by atoms with E-state index in [0.717, 1.165) is 24.9 Å². The van der Waals surface area contributed by atoms with Crippen LogP contribution in [0.15, 0.2) is 24.3 Å². The Morgan fingerprint density at radius 2 is 1.81 bits per heavy atom. The third kappa shape index (κ3) is 3.24. The molecule has 0 saturated heterocycles. The molecule has 1 aromatic carbocycles. The maximum atomic E-state index is 10.4. The van der Waals surface area contributed by atoms with Crippen LogP contribution >= 0.6 is 0 Å². The van der Waals surface area contributed by atoms with E-state index in [4.69, 9.17) is 5.73 Å². The first-order valence-electron chi connectivity index (χ1n) is 6.04. The summed E-state index contributed by atoms with van der Waals surface area (Å²) < 4.78 is 0. The first-order chi connectivity index (χ1) is 7.48. The SMILES string of the molecule is CCC(O)(CCc1ccc(N)cc1)C(C)C. The van der Waals surface area contributed by atoms with E-state index in [9.17, 15) is 5.11 Å². The van der Waals surface area contributed by atoms with Gasteiger partial charge in [0.05, 0.1) is 5.60 Å². The molecule has 0 aliphatic rings. The van der Waals surface area contributed by atoms with Crippen LogP contribution in [0.4, 0.5) is 5.69 Å². The normalized spacial score (nSPS) is 15.1. The summed E-state index contributed by atoms with van der Waals surface area (Å²) in [6.45, 7) is 6.20. The third-order valence-electron chi connectivity index (χ3n) is 3.51. The van der Waals surface area contributed by atoms with Gasteiger partial charge >= 0.3 is 0 Å². The van der Waals surface area contributed by atoms with Crippen LogP contribution < -0.4 is 5.73 Å². The maximum Gasteiger partial charge on any atom is 0.0671 e. The Bertz CT molecular complexity index is 318. The lowest BCUT2D eigenvalue weighted by Gasteiger charge is -2.31. The van der Waals surface area contributed by atoms with E-state index in [0.29, 0.717) is 5.92 Å². The van der Waals surface area contributed by atoms with Crippen molar-refractivity contribution in [2.45, 2.75) is 45.6 Å². The van der Waals surface area contributed by atoms with Gasteiger partial charge in [0.15, 0.2) is 0 Å². The molecule has 0 aliphatic carbocycles. The van der Waals surface area contributed by atoms with E-state index in [1.165, 1.54) is 5.56 Å². The summed E-state index contributed by atoms with van der Waals surface area (Å²) in [5.74, 6) is 0.297. The summed E-state index contributed by atoms with van der Waals surface area (Å²) in [5.41, 5.74) is 7.12. The monoisotopic (exact) mass is 221 g/mol. The molecule has 2 nitrogen and oxygen atoms in total. The fourth-order valence-electron chi connectivity index (χ4n) is 1.92. The molecule has 0 spiro atoms. The van der Waals surface area contributed by atoms with Gasteiger partial charge in [0.1, 0.15) is 0 Å². The lowest BCUT2D eigenvalue weighted by Crippen LogP contribution is -2.34. The van der Waals surface area contributed by atoms with Gasteiger partial charge in [0.25, 0.3) is 0 Å². The Balaban J connectivity index is 2.59. The topological polar surface area (TPSA) is 46.2 Å². The van der Waals surface area contributed by atoms with Crippen molar-refractivity contribution in [3.05, 3.63) is 29.8 Å². The summed E-state index contributed by atoms with van der Waals surface area (Å²) in [6, 6.07) is 7.89. The minimum absolute atomic E-state index is 0.297. The van der Waals surface area contributed by atoms with Gasteiger partial charge in [-0.15, -0.1) is 0 Å². The highest BCUT2D eigenvalue weighted by Gasteiger charge is 2.28. The average Bonchev–Trinajstić information content (AvgIpc) is 2.27.